The smallest absolute Gasteiger partial charge is 0.161 e. The lowest BCUT2D eigenvalue weighted by Crippen LogP contribution is -2.32. The summed E-state index contributed by atoms with van der Waals surface area (Å²) in [7, 11) is 0. The van der Waals surface area contributed by atoms with Crippen LogP contribution in [0.15, 0.2) is 47.7 Å². The van der Waals surface area contributed by atoms with Crippen LogP contribution in [0.25, 0.3) is 0 Å². The lowest BCUT2D eigenvalue weighted by molar-refractivity contribution is 0.129. The topological polar surface area (TPSA) is 12.5 Å². The largest absolute Gasteiger partial charge is 0.473 e. The van der Waals surface area contributed by atoms with E-state index in [4.69, 9.17) is 4.74 Å². The quantitative estimate of drug-likeness (QED) is 0.779. The van der Waals surface area contributed by atoms with Crippen LogP contribution in [0.2, 0.25) is 0 Å². The van der Waals surface area contributed by atoms with E-state index in [1.54, 1.807) is 0 Å². The Bertz CT molecular complexity index is 502. The zero-order valence-corrected chi connectivity index (χ0v) is 10.9. The van der Waals surface area contributed by atoms with Crippen LogP contribution in [0.5, 0.6) is 5.75 Å². The first-order chi connectivity index (χ1) is 8.88. The van der Waals surface area contributed by atoms with Crippen molar-refractivity contribution in [2.45, 2.75) is 32.7 Å². The van der Waals surface area contributed by atoms with E-state index in [9.17, 15) is 0 Å². The van der Waals surface area contributed by atoms with Crippen molar-refractivity contribution in [2.75, 3.05) is 6.73 Å². The molecule has 0 atom stereocenters. The molecule has 2 nitrogen and oxygen atoms in total. The number of ether oxygens (including phenoxy) is 1. The molecule has 1 aromatic carbocycles. The Kier molecular flexibility index (Phi) is 3.09. The predicted molar refractivity (Wildman–Crippen MR) is 73.2 cm³/mol. The van der Waals surface area contributed by atoms with Gasteiger partial charge in [-0.2, -0.15) is 0 Å². The molecule has 1 heterocycles. The molecule has 0 unspecified atom stereocenters. The van der Waals surface area contributed by atoms with E-state index in [2.05, 4.69) is 42.2 Å². The fraction of sp³-hybridized carbons (Fsp3) is 0.375. The van der Waals surface area contributed by atoms with E-state index in [1.165, 1.54) is 23.3 Å². The SMILES string of the molecule is CCC1=CCCC=C1N1COc2ccccc2C1. The van der Waals surface area contributed by atoms with Crippen LogP contribution in [0, 0.1) is 0 Å². The van der Waals surface area contributed by atoms with E-state index in [0.29, 0.717) is 6.73 Å². The summed E-state index contributed by atoms with van der Waals surface area (Å²) in [6.07, 6.45) is 8.16. The second kappa shape index (κ2) is 4.89. The first-order valence-electron chi connectivity index (χ1n) is 6.73. The summed E-state index contributed by atoms with van der Waals surface area (Å²) >= 11 is 0. The molecule has 0 amide bonds. The molecular weight excluding hydrogens is 222 g/mol. The average Bonchev–Trinajstić information content (AvgIpc) is 2.46. The van der Waals surface area contributed by atoms with Crippen LogP contribution in [0.3, 0.4) is 0 Å². The second-order valence-corrected chi connectivity index (χ2v) is 4.83. The summed E-state index contributed by atoms with van der Waals surface area (Å²) in [6, 6.07) is 8.32. The van der Waals surface area contributed by atoms with Gasteiger partial charge in [0.15, 0.2) is 6.73 Å². The van der Waals surface area contributed by atoms with Gasteiger partial charge in [-0.1, -0.05) is 37.3 Å². The summed E-state index contributed by atoms with van der Waals surface area (Å²) in [5.74, 6) is 1.03. The van der Waals surface area contributed by atoms with Crippen LogP contribution in [-0.4, -0.2) is 11.6 Å². The van der Waals surface area contributed by atoms with Crippen molar-refractivity contribution >= 4 is 0 Å². The van der Waals surface area contributed by atoms with Crippen LogP contribution < -0.4 is 4.74 Å². The molecule has 18 heavy (non-hydrogen) atoms. The Morgan fingerprint density at radius 1 is 1.17 bits per heavy atom. The summed E-state index contributed by atoms with van der Waals surface area (Å²) in [5.41, 5.74) is 4.12. The van der Waals surface area contributed by atoms with Gasteiger partial charge in [0.2, 0.25) is 0 Å². The van der Waals surface area contributed by atoms with Crippen molar-refractivity contribution in [3.05, 3.63) is 53.3 Å². The van der Waals surface area contributed by atoms with Crippen molar-refractivity contribution in [2.24, 2.45) is 0 Å². The second-order valence-electron chi connectivity index (χ2n) is 4.83. The molecule has 0 spiro atoms. The van der Waals surface area contributed by atoms with E-state index in [-0.39, 0.29) is 0 Å². The number of nitrogens with zero attached hydrogens (tertiary/aromatic N) is 1. The lowest BCUT2D eigenvalue weighted by atomic mass is 9.99. The molecule has 0 N–H and O–H groups in total. The van der Waals surface area contributed by atoms with Crippen molar-refractivity contribution < 1.29 is 4.74 Å². The molecule has 1 aliphatic carbocycles. The molecule has 1 aliphatic heterocycles. The molecule has 0 saturated heterocycles. The van der Waals surface area contributed by atoms with Gasteiger partial charge in [0, 0.05) is 17.8 Å². The first-order valence-corrected chi connectivity index (χ1v) is 6.73. The van der Waals surface area contributed by atoms with Gasteiger partial charge < -0.3 is 9.64 Å². The number of rotatable bonds is 2. The van der Waals surface area contributed by atoms with Gasteiger partial charge in [-0.25, -0.2) is 0 Å². The number of fused-ring (bicyclic) bond motifs is 1. The molecular formula is C16H19NO. The molecule has 0 radical (unpaired) electrons. The fourth-order valence-electron chi connectivity index (χ4n) is 2.70. The standard InChI is InChI=1S/C16H19NO/c1-2-13-7-3-5-9-15(13)17-11-14-8-4-6-10-16(14)18-12-17/h4,6-10H,2-3,5,11-12H2,1H3. The zero-order chi connectivity index (χ0) is 12.4. The Balaban J connectivity index is 1.84. The molecule has 2 heteroatoms. The minimum atomic E-state index is 0.667. The average molecular weight is 241 g/mol. The third-order valence-corrected chi connectivity index (χ3v) is 3.66. The van der Waals surface area contributed by atoms with Crippen LogP contribution in [0.4, 0.5) is 0 Å². The van der Waals surface area contributed by atoms with Crippen LogP contribution in [0.1, 0.15) is 31.7 Å². The Morgan fingerprint density at radius 3 is 2.89 bits per heavy atom. The monoisotopic (exact) mass is 241 g/mol. The molecule has 2 aliphatic rings. The van der Waals surface area contributed by atoms with E-state index in [1.807, 2.05) is 6.07 Å². The summed E-state index contributed by atoms with van der Waals surface area (Å²) in [5, 5.41) is 0. The summed E-state index contributed by atoms with van der Waals surface area (Å²) < 4.78 is 5.84. The number of allylic oxidation sites excluding steroid dienone is 3. The molecule has 0 saturated carbocycles. The highest BCUT2D eigenvalue weighted by atomic mass is 16.5. The van der Waals surface area contributed by atoms with Gasteiger partial charge in [0.1, 0.15) is 5.75 Å². The number of hydrogen-bond acceptors (Lipinski definition) is 2. The van der Waals surface area contributed by atoms with Crippen molar-refractivity contribution in [1.29, 1.82) is 0 Å². The maximum absolute atomic E-state index is 5.84. The van der Waals surface area contributed by atoms with Gasteiger partial charge in [0.05, 0.1) is 0 Å². The van der Waals surface area contributed by atoms with E-state index < -0.39 is 0 Å². The van der Waals surface area contributed by atoms with Crippen LogP contribution in [-0.2, 0) is 6.54 Å². The van der Waals surface area contributed by atoms with Crippen molar-refractivity contribution in [1.82, 2.24) is 4.90 Å². The molecule has 1 aromatic rings. The van der Waals surface area contributed by atoms with Crippen molar-refractivity contribution in [3.8, 4) is 5.75 Å². The van der Waals surface area contributed by atoms with Crippen molar-refractivity contribution in [3.63, 3.8) is 0 Å². The predicted octanol–water partition coefficient (Wildman–Crippen LogP) is 3.85. The van der Waals surface area contributed by atoms with Crippen LogP contribution >= 0.6 is 0 Å². The van der Waals surface area contributed by atoms with Gasteiger partial charge >= 0.3 is 0 Å². The third-order valence-electron chi connectivity index (χ3n) is 3.66. The molecule has 0 bridgehead atoms. The van der Waals surface area contributed by atoms with Gasteiger partial charge in [-0.05, 0) is 30.9 Å². The van der Waals surface area contributed by atoms with E-state index in [0.717, 1.165) is 25.1 Å². The fourth-order valence-corrected chi connectivity index (χ4v) is 2.70. The molecule has 0 fully saturated rings. The maximum Gasteiger partial charge on any atom is 0.161 e. The van der Waals surface area contributed by atoms with Gasteiger partial charge in [-0.3, -0.25) is 0 Å². The number of hydrogen-bond donors (Lipinski definition) is 0. The van der Waals surface area contributed by atoms with Gasteiger partial charge in [-0.15, -0.1) is 0 Å². The molecule has 3 rings (SSSR count). The van der Waals surface area contributed by atoms with Gasteiger partial charge in [0.25, 0.3) is 0 Å². The zero-order valence-electron chi connectivity index (χ0n) is 10.9. The molecule has 0 aromatic heterocycles. The highest BCUT2D eigenvalue weighted by Crippen LogP contribution is 2.31. The molecule has 94 valence electrons. The number of para-hydroxylation sites is 1. The first kappa shape index (κ1) is 11.4. The summed E-state index contributed by atoms with van der Waals surface area (Å²) in [4.78, 5) is 2.34. The Labute approximate surface area is 109 Å². The summed E-state index contributed by atoms with van der Waals surface area (Å²) in [6.45, 7) is 3.85. The Hall–Kier alpha value is -1.70. The third kappa shape index (κ3) is 2.03. The Morgan fingerprint density at radius 2 is 2.00 bits per heavy atom. The minimum absolute atomic E-state index is 0.667. The normalized spacial score (nSPS) is 18.6. The van der Waals surface area contributed by atoms with E-state index >= 15 is 0 Å². The highest BCUT2D eigenvalue weighted by molar-refractivity contribution is 5.38. The number of benzene rings is 1. The maximum atomic E-state index is 5.84. The highest BCUT2D eigenvalue weighted by Gasteiger charge is 2.21. The lowest BCUT2D eigenvalue weighted by Gasteiger charge is -2.34. The minimum Gasteiger partial charge on any atom is -0.473 e.